The van der Waals surface area contributed by atoms with Gasteiger partial charge in [0.05, 0.1) is 15.8 Å². The summed E-state index contributed by atoms with van der Waals surface area (Å²) in [5.74, 6) is 0.176. The highest BCUT2D eigenvalue weighted by molar-refractivity contribution is 7.22. The van der Waals surface area contributed by atoms with Crippen molar-refractivity contribution in [3.63, 3.8) is 0 Å². The van der Waals surface area contributed by atoms with E-state index in [0.29, 0.717) is 11.0 Å². The van der Waals surface area contributed by atoms with Crippen molar-refractivity contribution in [1.29, 1.82) is 0 Å². The summed E-state index contributed by atoms with van der Waals surface area (Å²) in [5, 5.41) is 3.48. The number of nitrogens with one attached hydrogen (secondary N) is 1. The third-order valence-electron chi connectivity index (χ3n) is 3.68. The van der Waals surface area contributed by atoms with Gasteiger partial charge in [0.2, 0.25) is 5.91 Å². The van der Waals surface area contributed by atoms with Crippen LogP contribution < -0.4 is 11.1 Å². The molecule has 3 rings (SSSR count). The third-order valence-corrected chi connectivity index (χ3v) is 4.61. The standard InChI is InChI=1S/C14H17N3OS/c1-8-3-6-10-11(7-8)19-13(16-10)17-12(18)14(2,15)9-4-5-9/h3,6-7,9H,4-5,15H2,1-2H3,(H,16,17,18). The van der Waals surface area contributed by atoms with Crippen LogP contribution in [0, 0.1) is 12.8 Å². The Morgan fingerprint density at radius 3 is 2.95 bits per heavy atom. The molecular formula is C14H17N3OS. The molecule has 0 bridgehead atoms. The molecule has 4 nitrogen and oxygen atoms in total. The summed E-state index contributed by atoms with van der Waals surface area (Å²) in [7, 11) is 0. The van der Waals surface area contributed by atoms with E-state index in [2.05, 4.69) is 16.4 Å². The highest BCUT2D eigenvalue weighted by atomic mass is 32.1. The summed E-state index contributed by atoms with van der Waals surface area (Å²) in [6, 6.07) is 6.06. The highest BCUT2D eigenvalue weighted by Crippen LogP contribution is 2.39. The molecule has 0 aliphatic heterocycles. The molecule has 1 amide bonds. The second-order valence-electron chi connectivity index (χ2n) is 5.50. The molecule has 1 fully saturated rings. The number of thiazole rings is 1. The van der Waals surface area contributed by atoms with Gasteiger partial charge in [-0.1, -0.05) is 17.4 Å². The Balaban J connectivity index is 1.83. The minimum absolute atomic E-state index is 0.134. The summed E-state index contributed by atoms with van der Waals surface area (Å²) in [4.78, 5) is 16.6. The lowest BCUT2D eigenvalue weighted by Crippen LogP contribution is -2.50. The summed E-state index contributed by atoms with van der Waals surface area (Å²) >= 11 is 1.49. The molecule has 3 N–H and O–H groups in total. The number of hydrogen-bond donors (Lipinski definition) is 2. The van der Waals surface area contributed by atoms with Gasteiger partial charge in [0.1, 0.15) is 0 Å². The maximum absolute atomic E-state index is 12.2. The summed E-state index contributed by atoms with van der Waals surface area (Å²) < 4.78 is 1.08. The minimum atomic E-state index is -0.784. The molecule has 1 unspecified atom stereocenters. The quantitative estimate of drug-likeness (QED) is 0.905. The molecule has 1 aromatic carbocycles. The lowest BCUT2D eigenvalue weighted by Gasteiger charge is -2.22. The van der Waals surface area contributed by atoms with Crippen LogP contribution in [0.2, 0.25) is 0 Å². The molecule has 5 heteroatoms. The zero-order valence-corrected chi connectivity index (χ0v) is 11.9. The van der Waals surface area contributed by atoms with Gasteiger partial charge in [-0.05, 0) is 50.3 Å². The van der Waals surface area contributed by atoms with Crippen LogP contribution in [-0.4, -0.2) is 16.4 Å². The summed E-state index contributed by atoms with van der Waals surface area (Å²) in [5.41, 5.74) is 7.42. The fraction of sp³-hybridized carbons (Fsp3) is 0.429. The van der Waals surface area contributed by atoms with Crippen molar-refractivity contribution in [3.8, 4) is 0 Å². The molecular weight excluding hydrogens is 258 g/mol. The van der Waals surface area contributed by atoms with Crippen molar-refractivity contribution < 1.29 is 4.79 Å². The normalized spacial score (nSPS) is 18.3. The average molecular weight is 275 g/mol. The number of aryl methyl sites for hydroxylation is 1. The third kappa shape index (κ3) is 2.35. The second-order valence-corrected chi connectivity index (χ2v) is 6.53. The Labute approximate surface area is 116 Å². The van der Waals surface area contributed by atoms with Crippen molar-refractivity contribution in [2.24, 2.45) is 11.7 Å². The van der Waals surface area contributed by atoms with Crippen LogP contribution in [0.3, 0.4) is 0 Å². The van der Waals surface area contributed by atoms with E-state index in [1.807, 2.05) is 19.1 Å². The lowest BCUT2D eigenvalue weighted by molar-refractivity contribution is -0.121. The van der Waals surface area contributed by atoms with Gasteiger partial charge in [0.25, 0.3) is 0 Å². The first-order valence-electron chi connectivity index (χ1n) is 6.44. The summed E-state index contributed by atoms with van der Waals surface area (Å²) in [6.07, 6.45) is 2.08. The zero-order chi connectivity index (χ0) is 13.6. The Kier molecular flexibility index (Phi) is 2.83. The number of nitrogens with two attached hydrogens (primary N) is 1. The fourth-order valence-electron chi connectivity index (χ4n) is 2.19. The maximum atomic E-state index is 12.2. The lowest BCUT2D eigenvalue weighted by atomic mass is 9.96. The predicted molar refractivity (Wildman–Crippen MR) is 78.3 cm³/mol. The number of benzene rings is 1. The van der Waals surface area contributed by atoms with E-state index in [0.717, 1.165) is 23.1 Å². The van der Waals surface area contributed by atoms with Gasteiger partial charge in [0, 0.05) is 0 Å². The predicted octanol–water partition coefficient (Wildman–Crippen LogP) is 2.67. The number of amides is 1. The van der Waals surface area contributed by atoms with Gasteiger partial charge in [-0.2, -0.15) is 0 Å². The molecule has 0 spiro atoms. The molecule has 1 aromatic heterocycles. The van der Waals surface area contributed by atoms with Crippen LogP contribution in [0.4, 0.5) is 5.13 Å². The van der Waals surface area contributed by atoms with E-state index < -0.39 is 5.54 Å². The molecule has 0 saturated heterocycles. The fourth-order valence-corrected chi connectivity index (χ4v) is 3.14. The molecule has 19 heavy (non-hydrogen) atoms. The van der Waals surface area contributed by atoms with Crippen LogP contribution in [0.25, 0.3) is 10.2 Å². The SMILES string of the molecule is Cc1ccc2nc(NC(=O)C(C)(N)C3CC3)sc2c1. The first-order valence-corrected chi connectivity index (χ1v) is 7.26. The van der Waals surface area contributed by atoms with E-state index in [1.54, 1.807) is 6.92 Å². The van der Waals surface area contributed by atoms with Gasteiger partial charge in [0.15, 0.2) is 5.13 Å². The Morgan fingerprint density at radius 2 is 2.26 bits per heavy atom. The van der Waals surface area contributed by atoms with Gasteiger partial charge >= 0.3 is 0 Å². The van der Waals surface area contributed by atoms with Crippen LogP contribution in [0.15, 0.2) is 18.2 Å². The number of carbonyl (C=O) groups is 1. The minimum Gasteiger partial charge on any atom is -0.317 e. The molecule has 1 aliphatic rings. The number of rotatable bonds is 3. The molecule has 0 radical (unpaired) electrons. The first-order chi connectivity index (χ1) is 8.96. The van der Waals surface area contributed by atoms with Crippen LogP contribution in [0.1, 0.15) is 25.3 Å². The van der Waals surface area contributed by atoms with Gasteiger partial charge in [-0.25, -0.2) is 4.98 Å². The van der Waals surface area contributed by atoms with Crippen LogP contribution >= 0.6 is 11.3 Å². The highest BCUT2D eigenvalue weighted by Gasteiger charge is 2.44. The van der Waals surface area contributed by atoms with Crippen molar-refractivity contribution in [2.45, 2.75) is 32.2 Å². The van der Waals surface area contributed by atoms with E-state index in [1.165, 1.54) is 16.9 Å². The average Bonchev–Trinajstić information content (AvgIpc) is 3.12. The molecule has 1 saturated carbocycles. The molecule has 1 aliphatic carbocycles. The van der Waals surface area contributed by atoms with Crippen LogP contribution in [-0.2, 0) is 4.79 Å². The van der Waals surface area contributed by atoms with E-state index in [-0.39, 0.29) is 5.91 Å². The molecule has 1 heterocycles. The Bertz CT molecular complexity index is 643. The van der Waals surface area contributed by atoms with Gasteiger partial charge < -0.3 is 11.1 Å². The maximum Gasteiger partial charge on any atom is 0.246 e. The number of hydrogen-bond acceptors (Lipinski definition) is 4. The molecule has 2 aromatic rings. The first kappa shape index (κ1) is 12.6. The monoisotopic (exact) mass is 275 g/mol. The number of anilines is 1. The van der Waals surface area contributed by atoms with Gasteiger partial charge in [-0.15, -0.1) is 0 Å². The number of fused-ring (bicyclic) bond motifs is 1. The number of nitrogens with zero attached hydrogens (tertiary/aromatic N) is 1. The molecule has 1 atom stereocenters. The largest absolute Gasteiger partial charge is 0.317 e. The zero-order valence-electron chi connectivity index (χ0n) is 11.1. The second kappa shape index (κ2) is 4.28. The van der Waals surface area contributed by atoms with E-state index in [9.17, 15) is 4.79 Å². The van der Waals surface area contributed by atoms with Crippen molar-refractivity contribution in [2.75, 3.05) is 5.32 Å². The van der Waals surface area contributed by atoms with E-state index in [4.69, 9.17) is 5.73 Å². The summed E-state index contributed by atoms with van der Waals surface area (Å²) in [6.45, 7) is 3.85. The Morgan fingerprint density at radius 1 is 1.53 bits per heavy atom. The Hall–Kier alpha value is -1.46. The van der Waals surface area contributed by atoms with Crippen molar-refractivity contribution in [1.82, 2.24) is 4.98 Å². The number of aromatic nitrogens is 1. The van der Waals surface area contributed by atoms with Crippen molar-refractivity contribution in [3.05, 3.63) is 23.8 Å². The van der Waals surface area contributed by atoms with E-state index >= 15 is 0 Å². The van der Waals surface area contributed by atoms with Gasteiger partial charge in [-0.3, -0.25) is 4.79 Å². The van der Waals surface area contributed by atoms with Crippen LogP contribution in [0.5, 0.6) is 0 Å². The van der Waals surface area contributed by atoms with Crippen molar-refractivity contribution >= 4 is 32.6 Å². The smallest absolute Gasteiger partial charge is 0.246 e. The topological polar surface area (TPSA) is 68.0 Å². The number of carbonyl (C=O) groups excluding carboxylic acids is 1. The molecule has 100 valence electrons.